The third kappa shape index (κ3) is 0.824. The van der Waals surface area contributed by atoms with E-state index in [0.29, 0.717) is 6.67 Å². The van der Waals surface area contributed by atoms with Crippen LogP contribution in [-0.2, 0) is 0 Å². The fraction of sp³-hybridized carbons (Fsp3) is 0.429. The number of hydrazone groups is 1. The second kappa shape index (κ2) is 2.08. The fourth-order valence-electron chi connectivity index (χ4n) is 1.18. The number of rotatable bonds is 0. The molecule has 0 spiro atoms. The largest absolute Gasteiger partial charge is 0.317 e. The topological polar surface area (TPSA) is 31.2 Å². The Hall–Kier alpha value is -1.32. The van der Waals surface area contributed by atoms with Gasteiger partial charge in [0.2, 0.25) is 0 Å². The Balaban J connectivity index is 2.34. The lowest BCUT2D eigenvalue weighted by atomic mass is 10.4. The Kier molecular flexibility index (Phi) is 1.21. The summed E-state index contributed by atoms with van der Waals surface area (Å²) in [7, 11) is 2.00. The van der Waals surface area contributed by atoms with Crippen LogP contribution in [0.15, 0.2) is 22.0 Å². The lowest BCUT2D eigenvalue weighted by molar-refractivity contribution is 0.342. The van der Waals surface area contributed by atoms with Crippen LogP contribution >= 0.6 is 0 Å². The SMILES string of the molecule is CC1=NN2CN=CC=C2N1C. The molecule has 0 aromatic carbocycles. The highest BCUT2D eigenvalue weighted by Gasteiger charge is 2.22. The number of hydrogen-bond donors (Lipinski definition) is 0. The van der Waals surface area contributed by atoms with Crippen molar-refractivity contribution in [3.05, 3.63) is 11.9 Å². The zero-order valence-electron chi connectivity index (χ0n) is 6.65. The van der Waals surface area contributed by atoms with Gasteiger partial charge in [0.15, 0.2) is 0 Å². The van der Waals surface area contributed by atoms with Gasteiger partial charge in [0.05, 0.1) is 0 Å². The normalized spacial score (nSPS) is 21.6. The van der Waals surface area contributed by atoms with Crippen molar-refractivity contribution in [1.29, 1.82) is 0 Å². The number of amidine groups is 1. The average molecular weight is 150 g/mol. The first kappa shape index (κ1) is 6.39. The maximum absolute atomic E-state index is 4.29. The van der Waals surface area contributed by atoms with Crippen molar-refractivity contribution in [3.8, 4) is 0 Å². The Bertz CT molecular complexity index is 264. The van der Waals surface area contributed by atoms with Crippen LogP contribution in [0.25, 0.3) is 0 Å². The standard InChI is InChI=1S/C7H10N4/c1-6-9-11-5-8-4-3-7(11)10(6)2/h3-4H,5H2,1-2H3. The minimum Gasteiger partial charge on any atom is -0.317 e. The molecule has 0 aliphatic carbocycles. The highest BCUT2D eigenvalue weighted by molar-refractivity contribution is 5.85. The first-order chi connectivity index (χ1) is 5.29. The maximum Gasteiger partial charge on any atom is 0.134 e. The number of allylic oxidation sites excluding steroid dienone is 1. The molecule has 0 aromatic rings. The second-order valence-electron chi connectivity index (χ2n) is 2.60. The summed E-state index contributed by atoms with van der Waals surface area (Å²) in [6, 6.07) is 0. The Morgan fingerprint density at radius 1 is 1.55 bits per heavy atom. The van der Waals surface area contributed by atoms with Gasteiger partial charge in [0.1, 0.15) is 18.3 Å². The predicted molar refractivity (Wildman–Crippen MR) is 44.2 cm³/mol. The van der Waals surface area contributed by atoms with Crippen LogP contribution in [0, 0.1) is 0 Å². The summed E-state index contributed by atoms with van der Waals surface area (Å²) in [6.45, 7) is 2.63. The molecule has 11 heavy (non-hydrogen) atoms. The van der Waals surface area contributed by atoms with Gasteiger partial charge >= 0.3 is 0 Å². The van der Waals surface area contributed by atoms with Gasteiger partial charge in [-0.1, -0.05) is 0 Å². The zero-order chi connectivity index (χ0) is 7.84. The predicted octanol–water partition coefficient (Wildman–Crippen LogP) is 0.451. The summed E-state index contributed by atoms with van der Waals surface area (Å²) < 4.78 is 0. The van der Waals surface area contributed by atoms with Crippen molar-refractivity contribution in [2.24, 2.45) is 10.1 Å². The zero-order valence-corrected chi connectivity index (χ0v) is 6.65. The molecule has 58 valence electrons. The van der Waals surface area contributed by atoms with Crippen molar-refractivity contribution in [2.75, 3.05) is 13.7 Å². The number of hydrogen-bond acceptors (Lipinski definition) is 4. The summed E-state index contributed by atoms with van der Waals surface area (Å²) in [6.07, 6.45) is 3.78. The van der Waals surface area contributed by atoms with Crippen LogP contribution in [0.3, 0.4) is 0 Å². The van der Waals surface area contributed by atoms with Gasteiger partial charge in [-0.15, -0.1) is 0 Å². The number of fused-ring (bicyclic) bond motifs is 1. The van der Waals surface area contributed by atoms with Crippen molar-refractivity contribution in [3.63, 3.8) is 0 Å². The quantitative estimate of drug-likeness (QED) is 0.502. The maximum atomic E-state index is 4.29. The van der Waals surface area contributed by atoms with E-state index in [0.717, 1.165) is 11.7 Å². The van der Waals surface area contributed by atoms with Crippen LogP contribution in [0.2, 0.25) is 0 Å². The minimum absolute atomic E-state index is 0.646. The van der Waals surface area contributed by atoms with E-state index in [1.54, 1.807) is 0 Å². The van der Waals surface area contributed by atoms with Crippen molar-refractivity contribution < 1.29 is 0 Å². The van der Waals surface area contributed by atoms with E-state index in [-0.39, 0.29) is 0 Å². The van der Waals surface area contributed by atoms with Crippen molar-refractivity contribution >= 4 is 12.1 Å². The van der Waals surface area contributed by atoms with Crippen molar-refractivity contribution in [2.45, 2.75) is 6.92 Å². The number of aliphatic imine (C=N–C) groups is 1. The van der Waals surface area contributed by atoms with Gasteiger partial charge in [-0.25, -0.2) is 5.01 Å². The summed E-state index contributed by atoms with van der Waals surface area (Å²) in [5.74, 6) is 2.12. The van der Waals surface area contributed by atoms with Gasteiger partial charge in [0.25, 0.3) is 0 Å². The monoisotopic (exact) mass is 150 g/mol. The van der Waals surface area contributed by atoms with Crippen LogP contribution in [0.4, 0.5) is 0 Å². The third-order valence-electron chi connectivity index (χ3n) is 1.90. The fourth-order valence-corrected chi connectivity index (χ4v) is 1.18. The minimum atomic E-state index is 0.646. The van der Waals surface area contributed by atoms with E-state index in [4.69, 9.17) is 0 Å². The molecule has 2 aliphatic heterocycles. The molecule has 0 saturated carbocycles. The first-order valence-electron chi connectivity index (χ1n) is 3.55. The van der Waals surface area contributed by atoms with Gasteiger partial charge < -0.3 is 4.90 Å². The third-order valence-corrected chi connectivity index (χ3v) is 1.90. The molecule has 0 amide bonds. The molecule has 2 heterocycles. The van der Waals surface area contributed by atoms with E-state index in [2.05, 4.69) is 10.1 Å². The van der Waals surface area contributed by atoms with Gasteiger partial charge in [-0.3, -0.25) is 4.99 Å². The molecule has 4 nitrogen and oxygen atoms in total. The van der Waals surface area contributed by atoms with E-state index in [1.807, 2.05) is 36.2 Å². The Morgan fingerprint density at radius 3 is 3.09 bits per heavy atom. The average Bonchev–Trinajstić information content (AvgIpc) is 2.30. The molecular formula is C7H10N4. The molecule has 0 bridgehead atoms. The van der Waals surface area contributed by atoms with E-state index in [1.165, 1.54) is 0 Å². The lowest BCUT2D eigenvalue weighted by Gasteiger charge is -2.19. The molecule has 0 fully saturated rings. The highest BCUT2D eigenvalue weighted by atomic mass is 15.6. The smallest absolute Gasteiger partial charge is 0.134 e. The molecule has 0 N–H and O–H groups in total. The molecule has 0 saturated heterocycles. The molecule has 0 unspecified atom stereocenters. The number of nitrogens with zero attached hydrogens (tertiary/aromatic N) is 4. The second-order valence-corrected chi connectivity index (χ2v) is 2.60. The lowest BCUT2D eigenvalue weighted by Crippen LogP contribution is -2.25. The van der Waals surface area contributed by atoms with E-state index < -0.39 is 0 Å². The molecule has 4 heteroatoms. The van der Waals surface area contributed by atoms with Crippen LogP contribution in [-0.4, -0.2) is 35.7 Å². The van der Waals surface area contributed by atoms with Crippen LogP contribution in [0.5, 0.6) is 0 Å². The molecule has 0 atom stereocenters. The molecule has 0 aromatic heterocycles. The van der Waals surface area contributed by atoms with E-state index >= 15 is 0 Å². The summed E-state index contributed by atoms with van der Waals surface area (Å²) >= 11 is 0. The van der Waals surface area contributed by atoms with Gasteiger partial charge in [0, 0.05) is 13.3 Å². The highest BCUT2D eigenvalue weighted by Crippen LogP contribution is 2.19. The Labute approximate surface area is 65.5 Å². The summed E-state index contributed by atoms with van der Waals surface area (Å²) in [4.78, 5) is 6.13. The molecule has 2 aliphatic rings. The van der Waals surface area contributed by atoms with Crippen molar-refractivity contribution in [1.82, 2.24) is 9.91 Å². The van der Waals surface area contributed by atoms with Gasteiger partial charge in [-0.2, -0.15) is 5.10 Å². The van der Waals surface area contributed by atoms with Gasteiger partial charge in [-0.05, 0) is 13.0 Å². The first-order valence-corrected chi connectivity index (χ1v) is 3.55. The molecule has 2 rings (SSSR count). The molecular weight excluding hydrogens is 140 g/mol. The van der Waals surface area contributed by atoms with Crippen LogP contribution in [0.1, 0.15) is 6.92 Å². The summed E-state index contributed by atoms with van der Waals surface area (Å²) in [5.41, 5.74) is 0. The molecule has 0 radical (unpaired) electrons. The van der Waals surface area contributed by atoms with Crippen LogP contribution < -0.4 is 0 Å². The van der Waals surface area contributed by atoms with E-state index in [9.17, 15) is 0 Å². The summed E-state index contributed by atoms with van der Waals surface area (Å²) in [5, 5.41) is 6.17. The Morgan fingerprint density at radius 2 is 2.36 bits per heavy atom.